The molecule has 1 aliphatic heterocycles. The van der Waals surface area contributed by atoms with Gasteiger partial charge in [0.25, 0.3) is 5.69 Å². The van der Waals surface area contributed by atoms with E-state index < -0.39 is 23.6 Å². The number of aromatic hydroxyl groups is 1. The van der Waals surface area contributed by atoms with Crippen LogP contribution in [0.4, 0.5) is 18.9 Å². The highest BCUT2D eigenvalue weighted by atomic mass is 19.4. The van der Waals surface area contributed by atoms with Crippen LogP contribution in [0, 0.1) is 10.1 Å². The number of hydrogen-bond acceptors (Lipinski definition) is 5. The number of phenols is 1. The Labute approximate surface area is 124 Å². The van der Waals surface area contributed by atoms with Gasteiger partial charge in [0.2, 0.25) is 0 Å². The monoisotopic (exact) mass is 319 g/mol. The van der Waals surface area contributed by atoms with E-state index in [1.807, 2.05) is 0 Å². The summed E-state index contributed by atoms with van der Waals surface area (Å²) in [6.07, 6.45) is -5.60. The number of nitrogens with zero attached hydrogens (tertiary/aromatic N) is 2. The summed E-state index contributed by atoms with van der Waals surface area (Å²) in [7, 11) is 0. The summed E-state index contributed by atoms with van der Waals surface area (Å²) in [5.74, 6) is -0.363. The Morgan fingerprint density at radius 1 is 1.36 bits per heavy atom. The van der Waals surface area contributed by atoms with Gasteiger partial charge >= 0.3 is 6.18 Å². The number of alkyl halides is 3. The van der Waals surface area contributed by atoms with E-state index in [1.165, 1.54) is 0 Å². The van der Waals surface area contributed by atoms with Gasteiger partial charge in [-0.15, -0.1) is 0 Å². The van der Waals surface area contributed by atoms with Gasteiger partial charge in [0.15, 0.2) is 0 Å². The number of piperazine rings is 1. The van der Waals surface area contributed by atoms with Gasteiger partial charge in [-0.05, 0) is 6.07 Å². The smallest absolute Gasteiger partial charge is 0.390 e. The normalized spacial score (nSPS) is 18.1. The minimum Gasteiger partial charge on any atom is -0.508 e. The number of hydrogen-bond donors (Lipinski definition) is 2. The molecule has 0 aromatic heterocycles. The molecule has 0 aliphatic carbocycles. The Morgan fingerprint density at radius 2 is 2.00 bits per heavy atom. The second-order valence-electron chi connectivity index (χ2n) is 5.12. The number of phenolic OH excluding ortho intramolecular Hbond substituents is 1. The zero-order chi connectivity index (χ0) is 16.3. The number of rotatable bonds is 4. The maximum absolute atomic E-state index is 12.9. The van der Waals surface area contributed by atoms with Crippen molar-refractivity contribution in [2.45, 2.75) is 18.6 Å². The van der Waals surface area contributed by atoms with E-state index in [-0.39, 0.29) is 17.0 Å². The Hall–Kier alpha value is -1.87. The molecular formula is C13H16F3N3O3. The predicted octanol–water partition coefficient (Wildman–Crippen LogP) is 2.20. The van der Waals surface area contributed by atoms with Crippen molar-refractivity contribution in [1.29, 1.82) is 0 Å². The molecule has 1 saturated heterocycles. The van der Waals surface area contributed by atoms with Crippen LogP contribution in [0.2, 0.25) is 0 Å². The largest absolute Gasteiger partial charge is 0.508 e. The van der Waals surface area contributed by atoms with Crippen molar-refractivity contribution in [2.24, 2.45) is 0 Å². The Kier molecular flexibility index (Phi) is 4.87. The molecule has 1 aliphatic rings. The molecule has 1 aromatic rings. The highest BCUT2D eigenvalue weighted by Crippen LogP contribution is 2.39. The molecule has 1 atom stereocenters. The van der Waals surface area contributed by atoms with Crippen molar-refractivity contribution >= 4 is 5.69 Å². The quantitative estimate of drug-likeness (QED) is 0.657. The third kappa shape index (κ3) is 4.08. The first-order valence-electron chi connectivity index (χ1n) is 6.77. The van der Waals surface area contributed by atoms with Gasteiger partial charge in [-0.2, -0.15) is 13.2 Å². The number of non-ortho nitro benzene ring substituents is 1. The second-order valence-corrected chi connectivity index (χ2v) is 5.12. The first-order valence-corrected chi connectivity index (χ1v) is 6.77. The zero-order valence-electron chi connectivity index (χ0n) is 11.6. The topological polar surface area (TPSA) is 78.6 Å². The highest BCUT2D eigenvalue weighted by Gasteiger charge is 2.37. The average Bonchev–Trinajstić information content (AvgIpc) is 2.45. The van der Waals surface area contributed by atoms with Crippen molar-refractivity contribution in [3.05, 3.63) is 33.9 Å². The molecule has 1 aromatic carbocycles. The van der Waals surface area contributed by atoms with Gasteiger partial charge in [-0.3, -0.25) is 15.0 Å². The standard InChI is InChI=1S/C13H16F3N3O3/c14-13(15,16)8-11(18-5-3-17-4-6-18)10-7-9(19(21)22)1-2-12(10)20/h1-2,7,11,17,20H,3-6,8H2/t11-/m0/s1. The summed E-state index contributed by atoms with van der Waals surface area (Å²) in [6.45, 7) is 1.82. The van der Waals surface area contributed by atoms with Crippen molar-refractivity contribution in [3.8, 4) is 5.75 Å². The second kappa shape index (κ2) is 6.49. The number of nitro groups is 1. The summed E-state index contributed by atoms with van der Waals surface area (Å²) < 4.78 is 38.6. The molecule has 0 unspecified atom stereocenters. The van der Waals surface area contributed by atoms with E-state index in [9.17, 15) is 28.4 Å². The van der Waals surface area contributed by atoms with Crippen LogP contribution in [0.25, 0.3) is 0 Å². The van der Waals surface area contributed by atoms with E-state index in [0.717, 1.165) is 18.2 Å². The molecule has 22 heavy (non-hydrogen) atoms. The number of benzene rings is 1. The molecule has 9 heteroatoms. The molecule has 1 fully saturated rings. The third-order valence-corrected chi connectivity index (χ3v) is 3.60. The van der Waals surface area contributed by atoms with Crippen LogP contribution >= 0.6 is 0 Å². The average molecular weight is 319 g/mol. The maximum Gasteiger partial charge on any atom is 0.390 e. The maximum atomic E-state index is 12.9. The Bertz CT molecular complexity index is 545. The van der Waals surface area contributed by atoms with Crippen molar-refractivity contribution < 1.29 is 23.2 Å². The van der Waals surface area contributed by atoms with Gasteiger partial charge < -0.3 is 10.4 Å². The molecule has 2 N–H and O–H groups in total. The van der Waals surface area contributed by atoms with Crippen LogP contribution < -0.4 is 5.32 Å². The molecule has 6 nitrogen and oxygen atoms in total. The van der Waals surface area contributed by atoms with Gasteiger partial charge in [0.05, 0.1) is 11.3 Å². The lowest BCUT2D eigenvalue weighted by molar-refractivity contribution is -0.385. The van der Waals surface area contributed by atoms with Crippen LogP contribution in [0.15, 0.2) is 18.2 Å². The van der Waals surface area contributed by atoms with Crippen molar-refractivity contribution in [3.63, 3.8) is 0 Å². The fourth-order valence-corrected chi connectivity index (χ4v) is 2.57. The van der Waals surface area contributed by atoms with Gasteiger partial charge in [-0.1, -0.05) is 0 Å². The van der Waals surface area contributed by atoms with E-state index in [0.29, 0.717) is 26.2 Å². The summed E-state index contributed by atoms with van der Waals surface area (Å²) in [5.41, 5.74) is -0.400. The van der Waals surface area contributed by atoms with E-state index in [2.05, 4.69) is 5.32 Å². The Balaban J connectivity index is 2.38. The lowest BCUT2D eigenvalue weighted by Gasteiger charge is -2.35. The molecule has 0 radical (unpaired) electrons. The molecule has 0 bridgehead atoms. The first kappa shape index (κ1) is 16.5. The summed E-state index contributed by atoms with van der Waals surface area (Å²) in [4.78, 5) is 11.7. The number of nitrogens with one attached hydrogen (secondary N) is 1. The Morgan fingerprint density at radius 3 is 2.55 bits per heavy atom. The molecule has 0 amide bonds. The number of halogens is 3. The first-order chi connectivity index (χ1) is 10.3. The molecule has 1 heterocycles. The van der Waals surface area contributed by atoms with Gasteiger partial charge in [0, 0.05) is 49.9 Å². The van der Waals surface area contributed by atoms with Gasteiger partial charge in [0.1, 0.15) is 5.75 Å². The zero-order valence-corrected chi connectivity index (χ0v) is 11.6. The fraction of sp³-hybridized carbons (Fsp3) is 0.538. The van der Waals surface area contributed by atoms with Crippen LogP contribution in [-0.2, 0) is 0 Å². The van der Waals surface area contributed by atoms with Crippen molar-refractivity contribution in [1.82, 2.24) is 10.2 Å². The molecule has 2 rings (SSSR count). The lowest BCUT2D eigenvalue weighted by atomic mass is 9.99. The molecule has 0 spiro atoms. The van der Waals surface area contributed by atoms with Gasteiger partial charge in [-0.25, -0.2) is 0 Å². The van der Waals surface area contributed by atoms with E-state index in [1.54, 1.807) is 4.90 Å². The predicted molar refractivity (Wildman–Crippen MR) is 72.6 cm³/mol. The fourth-order valence-electron chi connectivity index (χ4n) is 2.57. The lowest BCUT2D eigenvalue weighted by Crippen LogP contribution is -2.46. The molecule has 0 saturated carbocycles. The van der Waals surface area contributed by atoms with E-state index in [4.69, 9.17) is 0 Å². The summed E-state index contributed by atoms with van der Waals surface area (Å²) >= 11 is 0. The van der Waals surface area contributed by atoms with Crippen LogP contribution in [0.5, 0.6) is 5.75 Å². The third-order valence-electron chi connectivity index (χ3n) is 3.60. The van der Waals surface area contributed by atoms with Crippen LogP contribution in [0.3, 0.4) is 0 Å². The SMILES string of the molecule is O=[N+]([O-])c1ccc(O)c([C@H](CC(F)(F)F)N2CCNCC2)c1. The molecule has 122 valence electrons. The minimum atomic E-state index is -4.44. The van der Waals surface area contributed by atoms with Crippen molar-refractivity contribution in [2.75, 3.05) is 26.2 Å². The highest BCUT2D eigenvalue weighted by molar-refractivity contribution is 5.44. The van der Waals surface area contributed by atoms with Crippen LogP contribution in [0.1, 0.15) is 18.0 Å². The number of nitro benzene ring substituents is 1. The minimum absolute atomic E-state index is 0.0616. The van der Waals surface area contributed by atoms with E-state index >= 15 is 0 Å². The summed E-state index contributed by atoms with van der Waals surface area (Å²) in [5, 5.41) is 23.7. The molecular weight excluding hydrogens is 303 g/mol. The van der Waals surface area contributed by atoms with Crippen LogP contribution in [-0.4, -0.2) is 47.3 Å². The summed E-state index contributed by atoms with van der Waals surface area (Å²) in [6, 6.07) is 2.02.